The minimum Gasteiger partial charge on any atom is -0.342 e. The lowest BCUT2D eigenvalue weighted by molar-refractivity contribution is -0.131. The van der Waals surface area contributed by atoms with E-state index in [0.717, 1.165) is 36.0 Å². The highest BCUT2D eigenvalue weighted by atomic mass is 79.9. The van der Waals surface area contributed by atoms with E-state index in [0.29, 0.717) is 18.1 Å². The molecular weight excluding hydrogens is 328 g/mol. The maximum atomic E-state index is 11.9. The average Bonchev–Trinajstić information content (AvgIpc) is 2.43. The lowest BCUT2D eigenvalue weighted by Crippen LogP contribution is -2.40. The minimum absolute atomic E-state index is 0.202. The molecule has 0 saturated carbocycles. The van der Waals surface area contributed by atoms with E-state index < -0.39 is 0 Å². The number of piperidine rings is 1. The number of halogens is 2. The van der Waals surface area contributed by atoms with Crippen molar-refractivity contribution in [3.05, 3.63) is 33.3 Å². The molecule has 0 aromatic heterocycles. The highest BCUT2D eigenvalue weighted by Gasteiger charge is 2.15. The first kappa shape index (κ1) is 14.8. The van der Waals surface area contributed by atoms with Gasteiger partial charge >= 0.3 is 0 Å². The van der Waals surface area contributed by atoms with Crippen LogP contribution in [0.4, 0.5) is 0 Å². The van der Waals surface area contributed by atoms with Gasteiger partial charge in [0.2, 0.25) is 5.91 Å². The van der Waals surface area contributed by atoms with Gasteiger partial charge in [-0.1, -0.05) is 17.7 Å². The first-order valence-corrected chi connectivity index (χ1v) is 7.76. The number of hydrogen-bond donors (Lipinski definition) is 1. The fourth-order valence-corrected chi connectivity index (χ4v) is 2.76. The molecule has 2 rings (SSSR count). The second kappa shape index (κ2) is 7.27. The molecule has 0 spiro atoms. The summed E-state index contributed by atoms with van der Waals surface area (Å²) in [4.78, 5) is 13.9. The number of carbonyl (C=O) groups is 1. The van der Waals surface area contributed by atoms with Crippen LogP contribution < -0.4 is 5.32 Å². The lowest BCUT2D eigenvalue weighted by Gasteiger charge is -2.26. The van der Waals surface area contributed by atoms with E-state index in [1.165, 1.54) is 6.42 Å². The van der Waals surface area contributed by atoms with E-state index in [1.54, 1.807) is 0 Å². The Morgan fingerprint density at radius 3 is 2.74 bits per heavy atom. The van der Waals surface area contributed by atoms with Crippen LogP contribution in [0.25, 0.3) is 0 Å². The highest BCUT2D eigenvalue weighted by Crippen LogP contribution is 2.23. The molecule has 0 radical (unpaired) electrons. The number of likely N-dealkylation sites (tertiary alicyclic amines) is 1. The summed E-state index contributed by atoms with van der Waals surface area (Å²) in [6.07, 6.45) is 3.52. The minimum atomic E-state index is 0.202. The SMILES string of the molecule is O=C(CNCc1ccc(Cl)c(Br)c1)N1CCCCC1. The van der Waals surface area contributed by atoms with Crippen molar-refractivity contribution in [3.63, 3.8) is 0 Å². The topological polar surface area (TPSA) is 32.3 Å². The number of carbonyl (C=O) groups excluding carboxylic acids is 1. The Bertz CT molecular complexity index is 447. The molecule has 1 aliphatic heterocycles. The van der Waals surface area contributed by atoms with Crippen molar-refractivity contribution in [1.29, 1.82) is 0 Å². The van der Waals surface area contributed by atoms with Crippen LogP contribution in [0.15, 0.2) is 22.7 Å². The summed E-state index contributed by atoms with van der Waals surface area (Å²) in [6, 6.07) is 5.79. The fraction of sp³-hybridized carbons (Fsp3) is 0.500. The van der Waals surface area contributed by atoms with Gasteiger partial charge in [-0.2, -0.15) is 0 Å². The van der Waals surface area contributed by atoms with Crippen LogP contribution in [0, 0.1) is 0 Å². The van der Waals surface area contributed by atoms with E-state index >= 15 is 0 Å². The van der Waals surface area contributed by atoms with Crippen molar-refractivity contribution in [1.82, 2.24) is 10.2 Å². The summed E-state index contributed by atoms with van der Waals surface area (Å²) >= 11 is 9.33. The van der Waals surface area contributed by atoms with Crippen LogP contribution in [-0.4, -0.2) is 30.4 Å². The van der Waals surface area contributed by atoms with Crippen molar-refractivity contribution in [2.75, 3.05) is 19.6 Å². The van der Waals surface area contributed by atoms with E-state index in [2.05, 4.69) is 21.2 Å². The molecule has 1 aromatic carbocycles. The summed E-state index contributed by atoms with van der Waals surface area (Å²) in [5.41, 5.74) is 1.11. The standard InChI is InChI=1S/C14H18BrClN2O/c15-12-8-11(4-5-13(12)16)9-17-10-14(19)18-6-2-1-3-7-18/h4-5,8,17H,1-3,6-7,9-10H2. The second-order valence-corrected chi connectivity index (χ2v) is 6.05. The molecule has 0 bridgehead atoms. The number of hydrogen-bond acceptors (Lipinski definition) is 2. The van der Waals surface area contributed by atoms with Crippen LogP contribution in [0.1, 0.15) is 24.8 Å². The molecule has 0 atom stereocenters. The maximum absolute atomic E-state index is 11.9. The van der Waals surface area contributed by atoms with Gasteiger partial charge in [-0.05, 0) is 52.9 Å². The molecule has 104 valence electrons. The lowest BCUT2D eigenvalue weighted by atomic mass is 10.1. The van der Waals surface area contributed by atoms with Gasteiger partial charge in [-0.15, -0.1) is 0 Å². The summed E-state index contributed by atoms with van der Waals surface area (Å²) in [7, 11) is 0. The van der Waals surface area contributed by atoms with Gasteiger partial charge in [0.05, 0.1) is 11.6 Å². The molecule has 1 saturated heterocycles. The first-order valence-electron chi connectivity index (χ1n) is 6.59. The quantitative estimate of drug-likeness (QED) is 0.909. The second-order valence-electron chi connectivity index (χ2n) is 4.79. The zero-order valence-electron chi connectivity index (χ0n) is 10.8. The molecule has 1 fully saturated rings. The van der Waals surface area contributed by atoms with Gasteiger partial charge in [-0.25, -0.2) is 0 Å². The monoisotopic (exact) mass is 344 g/mol. The summed E-state index contributed by atoms with van der Waals surface area (Å²) in [6.45, 7) is 2.90. The molecule has 3 nitrogen and oxygen atoms in total. The number of amides is 1. The third-order valence-electron chi connectivity index (χ3n) is 3.30. The van der Waals surface area contributed by atoms with Crippen LogP contribution >= 0.6 is 27.5 Å². The van der Waals surface area contributed by atoms with E-state index in [-0.39, 0.29) is 5.91 Å². The van der Waals surface area contributed by atoms with Crippen LogP contribution in [-0.2, 0) is 11.3 Å². The molecule has 1 aliphatic rings. The molecule has 1 aromatic rings. The molecule has 1 amide bonds. The Balaban J connectivity index is 1.76. The Morgan fingerprint density at radius 2 is 2.05 bits per heavy atom. The largest absolute Gasteiger partial charge is 0.342 e. The Labute approximate surface area is 127 Å². The maximum Gasteiger partial charge on any atom is 0.236 e. The van der Waals surface area contributed by atoms with Crippen LogP contribution in [0.3, 0.4) is 0 Å². The van der Waals surface area contributed by atoms with Crippen LogP contribution in [0.5, 0.6) is 0 Å². The molecule has 0 aliphatic carbocycles. The van der Waals surface area contributed by atoms with Gasteiger partial charge in [0.25, 0.3) is 0 Å². The van der Waals surface area contributed by atoms with Crippen molar-refractivity contribution < 1.29 is 4.79 Å². The van der Waals surface area contributed by atoms with Gasteiger partial charge in [0.1, 0.15) is 0 Å². The highest BCUT2D eigenvalue weighted by molar-refractivity contribution is 9.10. The normalized spacial score (nSPS) is 15.6. The van der Waals surface area contributed by atoms with E-state index in [1.807, 2.05) is 23.1 Å². The number of nitrogens with zero attached hydrogens (tertiary/aromatic N) is 1. The Morgan fingerprint density at radius 1 is 1.32 bits per heavy atom. The van der Waals surface area contributed by atoms with Crippen molar-refractivity contribution in [3.8, 4) is 0 Å². The Kier molecular flexibility index (Phi) is 5.67. The smallest absolute Gasteiger partial charge is 0.236 e. The van der Waals surface area contributed by atoms with Gasteiger partial charge in [0, 0.05) is 24.1 Å². The van der Waals surface area contributed by atoms with Crippen molar-refractivity contribution in [2.45, 2.75) is 25.8 Å². The predicted molar refractivity (Wildman–Crippen MR) is 81.3 cm³/mol. The summed E-state index contributed by atoms with van der Waals surface area (Å²) in [5.74, 6) is 0.202. The Hall–Kier alpha value is -0.580. The summed E-state index contributed by atoms with van der Waals surface area (Å²) in [5, 5.41) is 3.89. The summed E-state index contributed by atoms with van der Waals surface area (Å²) < 4.78 is 0.885. The third kappa shape index (κ3) is 4.48. The molecule has 19 heavy (non-hydrogen) atoms. The van der Waals surface area contributed by atoms with Gasteiger partial charge in [0.15, 0.2) is 0 Å². The number of nitrogens with one attached hydrogen (secondary N) is 1. The van der Waals surface area contributed by atoms with Crippen molar-refractivity contribution >= 4 is 33.4 Å². The number of rotatable bonds is 4. The predicted octanol–water partition coefficient (Wildman–Crippen LogP) is 3.20. The molecular formula is C14H18BrClN2O. The van der Waals surface area contributed by atoms with Crippen molar-refractivity contribution in [2.24, 2.45) is 0 Å². The first-order chi connectivity index (χ1) is 9.16. The molecule has 5 heteroatoms. The number of benzene rings is 1. The average molecular weight is 346 g/mol. The van der Waals surface area contributed by atoms with Gasteiger partial charge < -0.3 is 10.2 Å². The fourth-order valence-electron chi connectivity index (χ4n) is 2.22. The van der Waals surface area contributed by atoms with Crippen LogP contribution in [0.2, 0.25) is 5.02 Å². The van der Waals surface area contributed by atoms with Gasteiger partial charge in [-0.3, -0.25) is 4.79 Å². The van der Waals surface area contributed by atoms with E-state index in [9.17, 15) is 4.79 Å². The molecule has 1 N–H and O–H groups in total. The molecule has 0 unspecified atom stereocenters. The van der Waals surface area contributed by atoms with E-state index in [4.69, 9.17) is 11.6 Å². The zero-order valence-corrected chi connectivity index (χ0v) is 13.1. The third-order valence-corrected chi connectivity index (χ3v) is 4.51. The zero-order chi connectivity index (χ0) is 13.7. The molecule has 1 heterocycles.